The quantitative estimate of drug-likeness (QED) is 0.639. The monoisotopic (exact) mass is 162 g/mol. The van der Waals surface area contributed by atoms with Gasteiger partial charge in [0.1, 0.15) is 0 Å². The van der Waals surface area contributed by atoms with E-state index in [2.05, 4.69) is 11.0 Å². The molecule has 0 radical (unpaired) electrons. The van der Waals surface area contributed by atoms with Gasteiger partial charge in [-0.15, -0.1) is 0 Å². The molecule has 1 aliphatic rings. The van der Waals surface area contributed by atoms with Gasteiger partial charge in [-0.25, -0.2) is 0 Å². The van der Waals surface area contributed by atoms with E-state index in [0.717, 1.165) is 18.8 Å². The summed E-state index contributed by atoms with van der Waals surface area (Å²) in [6, 6.07) is 8.09. The van der Waals surface area contributed by atoms with Crippen LogP contribution in [0.5, 0.6) is 0 Å². The molecule has 0 aliphatic carbocycles. The normalized spacial score (nSPS) is 16.8. The van der Waals surface area contributed by atoms with Crippen molar-refractivity contribution in [1.29, 1.82) is 0 Å². The maximum Gasteiger partial charge on any atom is 0.0599 e. The summed E-state index contributed by atoms with van der Waals surface area (Å²) in [7, 11) is 0. The molecule has 2 rings (SSSR count). The second-order valence-electron chi connectivity index (χ2n) is 3.25. The smallest absolute Gasteiger partial charge is 0.0599 e. The van der Waals surface area contributed by atoms with Gasteiger partial charge in [-0.1, -0.05) is 12.1 Å². The highest BCUT2D eigenvalue weighted by Gasteiger charge is 2.13. The molecule has 0 amide bonds. The Labute approximate surface area is 73.0 Å². The summed E-state index contributed by atoms with van der Waals surface area (Å²) >= 11 is 0. The molecule has 0 bridgehead atoms. The zero-order chi connectivity index (χ0) is 8.39. The summed E-state index contributed by atoms with van der Waals surface area (Å²) in [5.41, 5.74) is 7.96. The third-order valence-electron chi connectivity index (χ3n) is 2.38. The molecule has 1 fully saturated rings. The zero-order valence-electron chi connectivity index (χ0n) is 7.16. The van der Waals surface area contributed by atoms with Crippen LogP contribution in [0, 0.1) is 0 Å². The Balaban J connectivity index is 2.26. The van der Waals surface area contributed by atoms with Gasteiger partial charge < -0.3 is 10.6 Å². The third kappa shape index (κ3) is 1.24. The molecule has 0 unspecified atom stereocenters. The van der Waals surface area contributed by atoms with Gasteiger partial charge in [0.15, 0.2) is 0 Å². The lowest BCUT2D eigenvalue weighted by atomic mass is 10.2. The fourth-order valence-electron chi connectivity index (χ4n) is 1.73. The van der Waals surface area contributed by atoms with E-state index in [-0.39, 0.29) is 0 Å². The highest BCUT2D eigenvalue weighted by molar-refractivity contribution is 5.67. The van der Waals surface area contributed by atoms with E-state index in [4.69, 9.17) is 5.73 Å². The Hall–Kier alpha value is -1.18. The number of rotatable bonds is 1. The summed E-state index contributed by atoms with van der Waals surface area (Å²) in [4.78, 5) is 2.36. The lowest BCUT2D eigenvalue weighted by Crippen LogP contribution is -2.18. The molecular formula is C10H14N2. The van der Waals surface area contributed by atoms with Crippen LogP contribution >= 0.6 is 0 Å². The summed E-state index contributed by atoms with van der Waals surface area (Å²) in [6.07, 6.45) is 2.60. The molecule has 1 heterocycles. The summed E-state index contributed by atoms with van der Waals surface area (Å²) < 4.78 is 0. The molecule has 2 heteroatoms. The van der Waals surface area contributed by atoms with Gasteiger partial charge in [0.25, 0.3) is 0 Å². The molecule has 1 aromatic rings. The maximum absolute atomic E-state index is 5.86. The number of anilines is 2. The summed E-state index contributed by atoms with van der Waals surface area (Å²) in [6.45, 7) is 2.32. The number of nitrogens with zero attached hydrogens (tertiary/aromatic N) is 1. The minimum atomic E-state index is 0.902. The molecule has 0 aromatic heterocycles. The number of nitrogens with two attached hydrogens (primary N) is 1. The van der Waals surface area contributed by atoms with Crippen molar-refractivity contribution < 1.29 is 0 Å². The largest absolute Gasteiger partial charge is 0.397 e. The molecule has 0 atom stereocenters. The first-order valence-electron chi connectivity index (χ1n) is 4.47. The van der Waals surface area contributed by atoms with Crippen molar-refractivity contribution in [2.24, 2.45) is 0 Å². The van der Waals surface area contributed by atoms with E-state index in [1.807, 2.05) is 18.2 Å². The van der Waals surface area contributed by atoms with Gasteiger partial charge in [-0.05, 0) is 25.0 Å². The molecule has 12 heavy (non-hydrogen) atoms. The summed E-state index contributed by atoms with van der Waals surface area (Å²) in [5.74, 6) is 0. The second-order valence-corrected chi connectivity index (χ2v) is 3.25. The first kappa shape index (κ1) is 7.47. The lowest BCUT2D eigenvalue weighted by molar-refractivity contribution is 0.949. The van der Waals surface area contributed by atoms with Gasteiger partial charge in [-0.2, -0.15) is 0 Å². The lowest BCUT2D eigenvalue weighted by Gasteiger charge is -2.19. The highest BCUT2D eigenvalue weighted by atomic mass is 15.1. The van der Waals surface area contributed by atoms with Crippen LogP contribution in [0.15, 0.2) is 24.3 Å². The third-order valence-corrected chi connectivity index (χ3v) is 2.38. The number of hydrogen-bond acceptors (Lipinski definition) is 2. The Morgan fingerprint density at radius 3 is 2.42 bits per heavy atom. The van der Waals surface area contributed by atoms with E-state index in [1.54, 1.807) is 0 Å². The van der Waals surface area contributed by atoms with Crippen LogP contribution in [0.3, 0.4) is 0 Å². The molecule has 0 saturated carbocycles. The van der Waals surface area contributed by atoms with E-state index in [1.165, 1.54) is 18.5 Å². The highest BCUT2D eigenvalue weighted by Crippen LogP contribution is 2.25. The van der Waals surface area contributed by atoms with E-state index in [0.29, 0.717) is 0 Å². The number of nitrogen functional groups attached to an aromatic ring is 1. The number of hydrogen-bond donors (Lipinski definition) is 1. The number of benzene rings is 1. The first-order chi connectivity index (χ1) is 5.88. The van der Waals surface area contributed by atoms with Gasteiger partial charge in [0.05, 0.1) is 11.4 Å². The second kappa shape index (κ2) is 3.05. The van der Waals surface area contributed by atoms with Gasteiger partial charge in [0, 0.05) is 13.1 Å². The first-order valence-corrected chi connectivity index (χ1v) is 4.47. The minimum Gasteiger partial charge on any atom is -0.397 e. The average Bonchev–Trinajstić information content (AvgIpc) is 2.57. The molecule has 1 aromatic carbocycles. The molecule has 64 valence electrons. The fourth-order valence-corrected chi connectivity index (χ4v) is 1.73. The minimum absolute atomic E-state index is 0.902. The average molecular weight is 162 g/mol. The van der Waals surface area contributed by atoms with Crippen LogP contribution in [0.1, 0.15) is 12.8 Å². The predicted octanol–water partition coefficient (Wildman–Crippen LogP) is 1.87. The zero-order valence-corrected chi connectivity index (χ0v) is 7.16. The Kier molecular flexibility index (Phi) is 1.90. The molecule has 1 aliphatic heterocycles. The Morgan fingerprint density at radius 2 is 1.75 bits per heavy atom. The van der Waals surface area contributed by atoms with E-state index < -0.39 is 0 Å². The molecule has 1 saturated heterocycles. The van der Waals surface area contributed by atoms with Crippen molar-refractivity contribution in [1.82, 2.24) is 0 Å². The Bertz CT molecular complexity index is 264. The fraction of sp³-hybridized carbons (Fsp3) is 0.400. The number of para-hydroxylation sites is 2. The van der Waals surface area contributed by atoms with Crippen molar-refractivity contribution in [3.63, 3.8) is 0 Å². The topological polar surface area (TPSA) is 29.3 Å². The summed E-state index contributed by atoms with van der Waals surface area (Å²) in [5, 5.41) is 0. The molecule has 0 spiro atoms. The van der Waals surface area contributed by atoms with Crippen LogP contribution in [0.25, 0.3) is 0 Å². The van der Waals surface area contributed by atoms with Crippen LogP contribution < -0.4 is 10.6 Å². The van der Waals surface area contributed by atoms with Crippen LogP contribution in [-0.4, -0.2) is 13.1 Å². The van der Waals surface area contributed by atoms with Crippen LogP contribution in [0.4, 0.5) is 11.4 Å². The van der Waals surface area contributed by atoms with Crippen LogP contribution in [0.2, 0.25) is 0 Å². The van der Waals surface area contributed by atoms with Crippen molar-refractivity contribution in [2.75, 3.05) is 23.7 Å². The van der Waals surface area contributed by atoms with Gasteiger partial charge >= 0.3 is 0 Å². The van der Waals surface area contributed by atoms with Crippen LogP contribution in [-0.2, 0) is 0 Å². The van der Waals surface area contributed by atoms with E-state index >= 15 is 0 Å². The van der Waals surface area contributed by atoms with Crippen molar-refractivity contribution in [2.45, 2.75) is 12.8 Å². The van der Waals surface area contributed by atoms with Crippen molar-refractivity contribution in [3.8, 4) is 0 Å². The van der Waals surface area contributed by atoms with E-state index in [9.17, 15) is 0 Å². The van der Waals surface area contributed by atoms with Gasteiger partial charge in [-0.3, -0.25) is 0 Å². The Morgan fingerprint density at radius 1 is 1.08 bits per heavy atom. The van der Waals surface area contributed by atoms with Gasteiger partial charge in [0.2, 0.25) is 0 Å². The molecular weight excluding hydrogens is 148 g/mol. The van der Waals surface area contributed by atoms with Crippen molar-refractivity contribution >= 4 is 11.4 Å². The predicted molar refractivity (Wildman–Crippen MR) is 52.3 cm³/mol. The molecule has 2 nitrogen and oxygen atoms in total. The SMILES string of the molecule is Nc1ccccc1N1CCCC1. The maximum atomic E-state index is 5.86. The standard InChI is InChI=1S/C10H14N2/c11-9-5-1-2-6-10(9)12-7-3-4-8-12/h1-2,5-6H,3-4,7-8,11H2. The molecule has 2 N–H and O–H groups in total. The van der Waals surface area contributed by atoms with Crippen molar-refractivity contribution in [3.05, 3.63) is 24.3 Å².